The Kier molecular flexibility index (Phi) is 5.55. The molecule has 0 aromatic heterocycles. The molecule has 2 aromatic rings. The lowest BCUT2D eigenvalue weighted by Crippen LogP contribution is -2.16. The van der Waals surface area contributed by atoms with E-state index in [9.17, 15) is 9.59 Å². The molecule has 0 saturated heterocycles. The number of ether oxygens (including phenoxy) is 4. The summed E-state index contributed by atoms with van der Waals surface area (Å²) in [5, 5.41) is 0. The third-order valence-electron chi connectivity index (χ3n) is 3.43. The maximum Gasteiger partial charge on any atom is 0.309 e. The number of Topliss-reactive ketones (excluding diaryl/α,β-unsaturated/α-hetero) is 1. The number of esters is 1. The molecular formula is C18H15BrO6. The number of benzene rings is 2. The van der Waals surface area contributed by atoms with Gasteiger partial charge < -0.3 is 18.9 Å². The molecule has 2 aromatic carbocycles. The number of carbonyl (C=O) groups excluding carboxylic acids is 2. The van der Waals surface area contributed by atoms with Crippen molar-refractivity contribution in [2.24, 2.45) is 0 Å². The predicted molar refractivity (Wildman–Crippen MR) is 92.1 cm³/mol. The molecule has 0 amide bonds. The van der Waals surface area contributed by atoms with Crippen LogP contribution in [0.5, 0.6) is 17.2 Å². The van der Waals surface area contributed by atoms with Gasteiger partial charge in [0, 0.05) is 10.0 Å². The zero-order chi connectivity index (χ0) is 17.6. The summed E-state index contributed by atoms with van der Waals surface area (Å²) < 4.78 is 21.7. The summed E-state index contributed by atoms with van der Waals surface area (Å²) in [7, 11) is 0. The fraction of sp³-hybridized carbons (Fsp3) is 0.222. The van der Waals surface area contributed by atoms with Crippen LogP contribution in [0.4, 0.5) is 0 Å². The van der Waals surface area contributed by atoms with E-state index in [1.165, 1.54) is 0 Å². The van der Waals surface area contributed by atoms with E-state index in [1.54, 1.807) is 30.3 Å². The van der Waals surface area contributed by atoms with E-state index in [-0.39, 0.29) is 32.2 Å². The second kappa shape index (κ2) is 8.02. The largest absolute Gasteiger partial charge is 0.493 e. The van der Waals surface area contributed by atoms with E-state index in [0.29, 0.717) is 22.8 Å². The Labute approximate surface area is 152 Å². The van der Waals surface area contributed by atoms with Gasteiger partial charge in [0.05, 0.1) is 13.0 Å². The van der Waals surface area contributed by atoms with E-state index in [2.05, 4.69) is 15.9 Å². The van der Waals surface area contributed by atoms with Crippen molar-refractivity contribution in [2.45, 2.75) is 6.42 Å². The minimum atomic E-state index is -0.496. The maximum absolute atomic E-state index is 12.1. The van der Waals surface area contributed by atoms with Gasteiger partial charge in [-0.05, 0) is 36.4 Å². The zero-order valence-electron chi connectivity index (χ0n) is 13.2. The topological polar surface area (TPSA) is 71.1 Å². The van der Waals surface area contributed by atoms with E-state index in [4.69, 9.17) is 18.9 Å². The molecule has 0 atom stereocenters. The van der Waals surface area contributed by atoms with Crippen molar-refractivity contribution in [3.05, 3.63) is 52.5 Å². The molecule has 1 aliphatic heterocycles. The molecule has 6 nitrogen and oxygen atoms in total. The zero-order valence-corrected chi connectivity index (χ0v) is 14.8. The van der Waals surface area contributed by atoms with Gasteiger partial charge in [0.1, 0.15) is 5.75 Å². The van der Waals surface area contributed by atoms with E-state index < -0.39 is 5.97 Å². The van der Waals surface area contributed by atoms with Crippen molar-refractivity contribution in [1.29, 1.82) is 0 Å². The highest BCUT2D eigenvalue weighted by atomic mass is 79.9. The Morgan fingerprint density at radius 2 is 1.92 bits per heavy atom. The van der Waals surface area contributed by atoms with Crippen LogP contribution in [0.15, 0.2) is 46.9 Å². The van der Waals surface area contributed by atoms with Gasteiger partial charge in [0.2, 0.25) is 6.79 Å². The van der Waals surface area contributed by atoms with Gasteiger partial charge in [-0.1, -0.05) is 22.0 Å². The van der Waals surface area contributed by atoms with Crippen LogP contribution in [0.1, 0.15) is 16.8 Å². The number of hydrogen-bond donors (Lipinski definition) is 0. The number of ketones is 1. The lowest BCUT2D eigenvalue weighted by Gasteiger charge is -2.07. The fourth-order valence-corrected chi connectivity index (χ4v) is 2.56. The third-order valence-corrected chi connectivity index (χ3v) is 3.92. The van der Waals surface area contributed by atoms with Gasteiger partial charge in [0.25, 0.3) is 0 Å². The van der Waals surface area contributed by atoms with Crippen molar-refractivity contribution in [3.63, 3.8) is 0 Å². The summed E-state index contributed by atoms with van der Waals surface area (Å²) in [6.45, 7) is -0.0111. The summed E-state index contributed by atoms with van der Waals surface area (Å²) in [6, 6.07) is 12.1. The monoisotopic (exact) mass is 406 g/mol. The molecule has 25 heavy (non-hydrogen) atoms. The molecule has 130 valence electrons. The van der Waals surface area contributed by atoms with Crippen LogP contribution in [-0.2, 0) is 9.53 Å². The standard InChI is InChI=1S/C18H15BrO6/c19-13-2-1-3-14(9-13)22-7-6-18(21)23-10-15(20)12-4-5-16-17(8-12)25-11-24-16/h1-5,8-9H,6-7,10-11H2. The second-order valence-corrected chi connectivity index (χ2v) is 6.12. The first-order chi connectivity index (χ1) is 12.1. The first-order valence-corrected chi connectivity index (χ1v) is 8.38. The SMILES string of the molecule is O=C(CCOc1cccc(Br)c1)OCC(=O)c1ccc2c(c1)OCO2. The van der Waals surface area contributed by atoms with Crippen LogP contribution in [0.25, 0.3) is 0 Å². The molecule has 1 heterocycles. The molecule has 0 aliphatic carbocycles. The van der Waals surface area contributed by atoms with Crippen LogP contribution in [0.2, 0.25) is 0 Å². The first-order valence-electron chi connectivity index (χ1n) is 7.58. The average Bonchev–Trinajstić information content (AvgIpc) is 3.07. The van der Waals surface area contributed by atoms with Crippen molar-refractivity contribution in [2.75, 3.05) is 20.0 Å². The lowest BCUT2D eigenvalue weighted by atomic mass is 10.1. The van der Waals surface area contributed by atoms with Crippen LogP contribution in [0.3, 0.4) is 0 Å². The average molecular weight is 407 g/mol. The molecule has 0 unspecified atom stereocenters. The first kappa shape index (κ1) is 17.3. The minimum Gasteiger partial charge on any atom is -0.493 e. The number of carbonyl (C=O) groups is 2. The quantitative estimate of drug-likeness (QED) is 0.518. The van der Waals surface area contributed by atoms with Gasteiger partial charge >= 0.3 is 5.97 Å². The van der Waals surface area contributed by atoms with Crippen LogP contribution in [0, 0.1) is 0 Å². The van der Waals surface area contributed by atoms with Gasteiger partial charge in [0.15, 0.2) is 23.9 Å². The van der Waals surface area contributed by atoms with E-state index in [0.717, 1.165) is 4.47 Å². The summed E-state index contributed by atoms with van der Waals surface area (Å²) in [5.41, 5.74) is 0.405. The van der Waals surface area contributed by atoms with Crippen molar-refractivity contribution in [3.8, 4) is 17.2 Å². The summed E-state index contributed by atoms with van der Waals surface area (Å²) >= 11 is 3.34. The molecule has 0 radical (unpaired) electrons. The summed E-state index contributed by atoms with van der Waals surface area (Å²) in [6.07, 6.45) is 0.0565. The molecule has 0 bridgehead atoms. The smallest absolute Gasteiger partial charge is 0.309 e. The summed E-state index contributed by atoms with van der Waals surface area (Å²) in [4.78, 5) is 23.8. The highest BCUT2D eigenvalue weighted by molar-refractivity contribution is 9.10. The van der Waals surface area contributed by atoms with Crippen molar-refractivity contribution < 1.29 is 28.5 Å². The van der Waals surface area contributed by atoms with Crippen molar-refractivity contribution >= 4 is 27.7 Å². The predicted octanol–water partition coefficient (Wildman–Crippen LogP) is 3.37. The van der Waals surface area contributed by atoms with Crippen molar-refractivity contribution in [1.82, 2.24) is 0 Å². The fourth-order valence-electron chi connectivity index (χ4n) is 2.18. The van der Waals surface area contributed by atoms with Gasteiger partial charge in [-0.25, -0.2) is 0 Å². The minimum absolute atomic E-state index is 0.0565. The lowest BCUT2D eigenvalue weighted by molar-refractivity contribution is -0.143. The molecule has 1 aliphatic rings. The molecule has 7 heteroatoms. The summed E-state index contributed by atoms with van der Waals surface area (Å²) in [5.74, 6) is 0.958. The highest BCUT2D eigenvalue weighted by Gasteiger charge is 2.17. The number of fused-ring (bicyclic) bond motifs is 1. The van der Waals surface area contributed by atoms with Crippen LogP contribution >= 0.6 is 15.9 Å². The third kappa shape index (κ3) is 4.73. The Morgan fingerprint density at radius 1 is 1.08 bits per heavy atom. The Hall–Kier alpha value is -2.54. The molecule has 3 rings (SSSR count). The number of halogens is 1. The Balaban J connectivity index is 1.42. The molecular weight excluding hydrogens is 392 g/mol. The molecule has 0 fully saturated rings. The van der Waals surface area contributed by atoms with Gasteiger partial charge in [-0.2, -0.15) is 0 Å². The van der Waals surface area contributed by atoms with Gasteiger partial charge in [-0.3, -0.25) is 9.59 Å². The normalized spacial score (nSPS) is 11.9. The number of hydrogen-bond acceptors (Lipinski definition) is 6. The molecule has 0 spiro atoms. The Morgan fingerprint density at radius 3 is 2.76 bits per heavy atom. The molecule has 0 saturated carbocycles. The Bertz CT molecular complexity index is 789. The van der Waals surface area contributed by atoms with Crippen LogP contribution in [-0.4, -0.2) is 31.8 Å². The molecule has 0 N–H and O–H groups in total. The van der Waals surface area contributed by atoms with E-state index >= 15 is 0 Å². The highest BCUT2D eigenvalue weighted by Crippen LogP contribution is 2.32. The van der Waals surface area contributed by atoms with E-state index in [1.807, 2.05) is 12.1 Å². The maximum atomic E-state index is 12.1. The van der Waals surface area contributed by atoms with Gasteiger partial charge in [-0.15, -0.1) is 0 Å². The number of rotatable bonds is 7. The van der Waals surface area contributed by atoms with Crippen LogP contribution < -0.4 is 14.2 Å². The second-order valence-electron chi connectivity index (χ2n) is 5.21.